The van der Waals surface area contributed by atoms with E-state index in [0.29, 0.717) is 11.5 Å². The summed E-state index contributed by atoms with van der Waals surface area (Å²) in [6, 6.07) is 8.75. The molecule has 0 amide bonds. The Kier molecular flexibility index (Phi) is 2.83. The lowest BCUT2D eigenvalue weighted by Gasteiger charge is -2.41. The van der Waals surface area contributed by atoms with E-state index in [1.165, 1.54) is 36.9 Å². The summed E-state index contributed by atoms with van der Waals surface area (Å²) in [4.78, 5) is 0. The van der Waals surface area contributed by atoms with E-state index >= 15 is 0 Å². The molecule has 0 spiro atoms. The Bertz CT molecular complexity index is 396. The number of hydrogen-bond acceptors (Lipinski definition) is 2. The van der Waals surface area contributed by atoms with Crippen LogP contribution < -0.4 is 10.6 Å². The predicted molar refractivity (Wildman–Crippen MR) is 72.5 cm³/mol. The summed E-state index contributed by atoms with van der Waals surface area (Å²) in [5.74, 6) is 0.685. The van der Waals surface area contributed by atoms with Gasteiger partial charge in [0.05, 0.1) is 0 Å². The van der Waals surface area contributed by atoms with E-state index < -0.39 is 0 Å². The highest BCUT2D eigenvalue weighted by atomic mass is 15.0. The predicted octanol–water partition coefficient (Wildman–Crippen LogP) is 3.12. The first-order valence-electron chi connectivity index (χ1n) is 6.85. The fourth-order valence-corrected chi connectivity index (χ4v) is 3.02. The summed E-state index contributed by atoms with van der Waals surface area (Å²) < 4.78 is 0. The smallest absolute Gasteiger partial charge is 0.0376 e. The van der Waals surface area contributed by atoms with Crippen molar-refractivity contribution in [3.63, 3.8) is 0 Å². The standard InChI is InChI=1S/C15H22N2/c1-15(8-4-9-15)17-11-12-7-10-16-14-6-3-2-5-13(12)14/h2-3,5-6,12,16-17H,4,7-11H2,1H3. The van der Waals surface area contributed by atoms with E-state index in [0.717, 1.165) is 13.1 Å². The molecule has 1 aromatic carbocycles. The van der Waals surface area contributed by atoms with Gasteiger partial charge >= 0.3 is 0 Å². The Morgan fingerprint density at radius 2 is 2.18 bits per heavy atom. The summed E-state index contributed by atoms with van der Waals surface area (Å²) in [5, 5.41) is 7.27. The van der Waals surface area contributed by atoms with E-state index in [-0.39, 0.29) is 0 Å². The minimum Gasteiger partial charge on any atom is -0.385 e. The van der Waals surface area contributed by atoms with Crippen molar-refractivity contribution in [3.8, 4) is 0 Å². The lowest BCUT2D eigenvalue weighted by Crippen LogP contribution is -2.49. The minimum atomic E-state index is 0.430. The van der Waals surface area contributed by atoms with Crippen LogP contribution in [0.25, 0.3) is 0 Å². The Morgan fingerprint density at radius 1 is 1.35 bits per heavy atom. The molecule has 1 aliphatic heterocycles. The minimum absolute atomic E-state index is 0.430. The van der Waals surface area contributed by atoms with Gasteiger partial charge in [0, 0.05) is 30.2 Å². The highest BCUT2D eigenvalue weighted by Crippen LogP contribution is 2.34. The molecule has 0 saturated heterocycles. The largest absolute Gasteiger partial charge is 0.385 e. The summed E-state index contributed by atoms with van der Waals surface area (Å²) in [7, 11) is 0. The zero-order valence-electron chi connectivity index (χ0n) is 10.6. The van der Waals surface area contributed by atoms with Crippen LogP contribution >= 0.6 is 0 Å². The molecule has 0 bridgehead atoms. The Morgan fingerprint density at radius 3 is 2.94 bits per heavy atom. The Hall–Kier alpha value is -1.02. The first-order chi connectivity index (χ1) is 8.27. The molecule has 0 radical (unpaired) electrons. The first kappa shape index (κ1) is 11.1. The molecule has 1 atom stereocenters. The second-order valence-corrected chi connectivity index (χ2v) is 5.79. The van der Waals surface area contributed by atoms with Crippen LogP contribution in [0.1, 0.15) is 44.1 Å². The molecule has 3 rings (SSSR count). The molecule has 1 fully saturated rings. The molecule has 1 heterocycles. The molecule has 0 aromatic heterocycles. The van der Waals surface area contributed by atoms with Crippen LogP contribution in [0.2, 0.25) is 0 Å². The van der Waals surface area contributed by atoms with Crippen molar-refractivity contribution in [3.05, 3.63) is 29.8 Å². The molecule has 17 heavy (non-hydrogen) atoms. The molecule has 92 valence electrons. The molecule has 2 heteroatoms. The normalized spacial score (nSPS) is 25.6. The van der Waals surface area contributed by atoms with Gasteiger partial charge in [0.2, 0.25) is 0 Å². The van der Waals surface area contributed by atoms with Crippen LogP contribution in [0.3, 0.4) is 0 Å². The van der Waals surface area contributed by atoms with Gasteiger partial charge in [-0.15, -0.1) is 0 Å². The van der Waals surface area contributed by atoms with E-state index in [1.807, 2.05) is 0 Å². The zero-order valence-corrected chi connectivity index (χ0v) is 10.6. The number of para-hydroxylation sites is 1. The molecule has 1 unspecified atom stereocenters. The average Bonchev–Trinajstić information content (AvgIpc) is 2.34. The van der Waals surface area contributed by atoms with Gasteiger partial charge in [0.15, 0.2) is 0 Å². The van der Waals surface area contributed by atoms with Crippen LogP contribution in [0.5, 0.6) is 0 Å². The highest BCUT2D eigenvalue weighted by Gasteiger charge is 2.32. The monoisotopic (exact) mass is 230 g/mol. The fourth-order valence-electron chi connectivity index (χ4n) is 3.02. The van der Waals surface area contributed by atoms with Crippen LogP contribution in [-0.4, -0.2) is 18.6 Å². The van der Waals surface area contributed by atoms with Gasteiger partial charge < -0.3 is 10.6 Å². The summed E-state index contributed by atoms with van der Waals surface area (Å²) >= 11 is 0. The summed E-state index contributed by atoms with van der Waals surface area (Å²) in [6.07, 6.45) is 5.34. The van der Waals surface area contributed by atoms with E-state index in [4.69, 9.17) is 0 Å². The average molecular weight is 230 g/mol. The van der Waals surface area contributed by atoms with Crippen molar-refractivity contribution in [2.75, 3.05) is 18.4 Å². The van der Waals surface area contributed by atoms with Gasteiger partial charge in [-0.05, 0) is 44.2 Å². The van der Waals surface area contributed by atoms with Gasteiger partial charge in [-0.2, -0.15) is 0 Å². The van der Waals surface area contributed by atoms with Gasteiger partial charge in [-0.1, -0.05) is 18.2 Å². The topological polar surface area (TPSA) is 24.1 Å². The maximum Gasteiger partial charge on any atom is 0.0376 e. The number of fused-ring (bicyclic) bond motifs is 1. The highest BCUT2D eigenvalue weighted by molar-refractivity contribution is 5.54. The molecule has 1 aromatic rings. The quantitative estimate of drug-likeness (QED) is 0.833. The van der Waals surface area contributed by atoms with Crippen LogP contribution in [0.15, 0.2) is 24.3 Å². The summed E-state index contributed by atoms with van der Waals surface area (Å²) in [6.45, 7) is 4.61. The van der Waals surface area contributed by atoms with Crippen molar-refractivity contribution < 1.29 is 0 Å². The van der Waals surface area contributed by atoms with Crippen molar-refractivity contribution in [1.82, 2.24) is 5.32 Å². The van der Waals surface area contributed by atoms with Gasteiger partial charge in [0.1, 0.15) is 0 Å². The van der Waals surface area contributed by atoms with Crippen molar-refractivity contribution in [2.45, 2.75) is 44.1 Å². The zero-order chi connectivity index (χ0) is 11.7. The summed E-state index contributed by atoms with van der Waals surface area (Å²) in [5.41, 5.74) is 3.26. The van der Waals surface area contributed by atoms with Crippen molar-refractivity contribution in [2.24, 2.45) is 0 Å². The molecule has 1 saturated carbocycles. The second kappa shape index (κ2) is 4.34. The number of rotatable bonds is 3. The maximum absolute atomic E-state index is 3.78. The number of anilines is 1. The Balaban J connectivity index is 1.68. The van der Waals surface area contributed by atoms with E-state index in [2.05, 4.69) is 41.8 Å². The van der Waals surface area contributed by atoms with E-state index in [1.54, 1.807) is 0 Å². The van der Waals surface area contributed by atoms with Crippen LogP contribution in [0.4, 0.5) is 5.69 Å². The fraction of sp³-hybridized carbons (Fsp3) is 0.600. The second-order valence-electron chi connectivity index (χ2n) is 5.79. The third-order valence-corrected chi connectivity index (χ3v) is 4.44. The molecule has 2 nitrogen and oxygen atoms in total. The SMILES string of the molecule is CC1(NCC2CCNc3ccccc32)CCC1. The van der Waals surface area contributed by atoms with Crippen LogP contribution in [0, 0.1) is 0 Å². The first-order valence-corrected chi connectivity index (χ1v) is 6.85. The molecule has 2 aliphatic rings. The number of benzene rings is 1. The number of nitrogens with one attached hydrogen (secondary N) is 2. The molecular weight excluding hydrogens is 208 g/mol. The van der Waals surface area contributed by atoms with Crippen LogP contribution in [-0.2, 0) is 0 Å². The maximum atomic E-state index is 3.78. The van der Waals surface area contributed by atoms with Crippen molar-refractivity contribution in [1.29, 1.82) is 0 Å². The molecule has 1 aliphatic carbocycles. The number of hydrogen-bond donors (Lipinski definition) is 2. The lowest BCUT2D eigenvalue weighted by molar-refractivity contribution is 0.204. The third kappa shape index (κ3) is 2.19. The Labute approximate surface area is 104 Å². The third-order valence-electron chi connectivity index (χ3n) is 4.44. The van der Waals surface area contributed by atoms with Gasteiger partial charge in [0.25, 0.3) is 0 Å². The molecular formula is C15H22N2. The molecule has 2 N–H and O–H groups in total. The van der Waals surface area contributed by atoms with Gasteiger partial charge in [-0.25, -0.2) is 0 Å². The van der Waals surface area contributed by atoms with E-state index in [9.17, 15) is 0 Å². The lowest BCUT2D eigenvalue weighted by atomic mass is 9.78. The van der Waals surface area contributed by atoms with Crippen molar-refractivity contribution >= 4 is 5.69 Å². The van der Waals surface area contributed by atoms with Gasteiger partial charge in [-0.3, -0.25) is 0 Å².